The van der Waals surface area contributed by atoms with Crippen LogP contribution in [0.3, 0.4) is 0 Å². The molecule has 0 bridgehead atoms. The van der Waals surface area contributed by atoms with Crippen LogP contribution in [0.15, 0.2) is 46.2 Å². The van der Waals surface area contributed by atoms with E-state index in [1.165, 1.54) is 15.8 Å². The third-order valence-electron chi connectivity index (χ3n) is 5.16. The molecule has 9 nitrogen and oxygen atoms in total. The summed E-state index contributed by atoms with van der Waals surface area (Å²) in [6.45, 7) is 4.45. The van der Waals surface area contributed by atoms with Gasteiger partial charge in [-0.2, -0.15) is 0 Å². The second kappa shape index (κ2) is 9.08. The van der Waals surface area contributed by atoms with E-state index < -0.39 is 11.2 Å². The molecule has 30 heavy (non-hydrogen) atoms. The number of ether oxygens (including phenoxy) is 1. The van der Waals surface area contributed by atoms with Crippen molar-refractivity contribution in [1.29, 1.82) is 0 Å². The molecule has 160 valence electrons. The number of benzene rings is 1. The van der Waals surface area contributed by atoms with Crippen molar-refractivity contribution in [2.75, 3.05) is 20.8 Å². The lowest BCUT2D eigenvalue weighted by molar-refractivity contribution is -0.132. The number of imidazole rings is 1. The quantitative estimate of drug-likeness (QED) is 0.548. The van der Waals surface area contributed by atoms with Crippen LogP contribution in [-0.2, 0) is 29.2 Å². The molecular weight excluding hydrogens is 386 g/mol. The Hall–Kier alpha value is -3.20. The zero-order chi connectivity index (χ0) is 21.8. The van der Waals surface area contributed by atoms with E-state index in [-0.39, 0.29) is 30.6 Å². The van der Waals surface area contributed by atoms with E-state index in [1.54, 1.807) is 18.7 Å². The summed E-state index contributed by atoms with van der Waals surface area (Å²) >= 11 is 0. The average Bonchev–Trinajstić information content (AvgIpc) is 3.16. The molecule has 0 aliphatic heterocycles. The number of carbonyl (C=O) groups excluding carboxylic acids is 1. The summed E-state index contributed by atoms with van der Waals surface area (Å²) < 4.78 is 9.22. The molecule has 0 N–H and O–H groups in total. The van der Waals surface area contributed by atoms with Crippen LogP contribution in [-0.4, -0.2) is 56.3 Å². The minimum Gasteiger partial charge on any atom is -0.383 e. The Morgan fingerprint density at radius 3 is 2.50 bits per heavy atom. The van der Waals surface area contributed by atoms with E-state index in [0.717, 1.165) is 10.1 Å². The van der Waals surface area contributed by atoms with Crippen LogP contribution >= 0.6 is 0 Å². The van der Waals surface area contributed by atoms with Crippen molar-refractivity contribution in [3.63, 3.8) is 0 Å². The standard InChI is InChI=1S/C21H27N5O4/c1-15(2)23(3)17(27)13-26-20(28)18-19(22-14-24(18)10-11-30-4)25(21(26)29)12-16-8-6-5-7-9-16/h5-9,14-15H,10-13H2,1-4H3. The van der Waals surface area contributed by atoms with Crippen molar-refractivity contribution in [2.45, 2.75) is 39.5 Å². The van der Waals surface area contributed by atoms with Crippen molar-refractivity contribution in [3.05, 3.63) is 63.1 Å². The molecule has 3 aromatic rings. The number of carbonyl (C=O) groups is 1. The summed E-state index contributed by atoms with van der Waals surface area (Å²) in [7, 11) is 3.23. The Balaban J connectivity index is 2.18. The summed E-state index contributed by atoms with van der Waals surface area (Å²) in [4.78, 5) is 44.9. The second-order valence-electron chi connectivity index (χ2n) is 7.45. The molecule has 3 rings (SSSR count). The lowest BCUT2D eigenvalue weighted by Crippen LogP contribution is -2.45. The van der Waals surface area contributed by atoms with Crippen LogP contribution in [0.1, 0.15) is 19.4 Å². The lowest BCUT2D eigenvalue weighted by atomic mass is 10.2. The first-order valence-corrected chi connectivity index (χ1v) is 9.82. The first kappa shape index (κ1) is 21.5. The number of likely N-dealkylation sites (N-methyl/N-ethyl adjacent to an activating group) is 1. The molecule has 0 atom stereocenters. The van der Waals surface area contributed by atoms with Gasteiger partial charge in [-0.05, 0) is 19.4 Å². The van der Waals surface area contributed by atoms with Gasteiger partial charge < -0.3 is 14.2 Å². The molecule has 2 aromatic heterocycles. The second-order valence-corrected chi connectivity index (χ2v) is 7.45. The smallest absolute Gasteiger partial charge is 0.333 e. The Labute approximate surface area is 174 Å². The summed E-state index contributed by atoms with van der Waals surface area (Å²) in [6.07, 6.45) is 1.53. The fourth-order valence-corrected chi connectivity index (χ4v) is 3.18. The van der Waals surface area contributed by atoms with E-state index in [1.807, 2.05) is 44.2 Å². The molecular formula is C21H27N5O4. The lowest BCUT2D eigenvalue weighted by Gasteiger charge is -2.22. The molecule has 1 amide bonds. The van der Waals surface area contributed by atoms with Gasteiger partial charge in [0.05, 0.1) is 19.5 Å². The highest BCUT2D eigenvalue weighted by Crippen LogP contribution is 2.10. The van der Waals surface area contributed by atoms with Gasteiger partial charge in [0.15, 0.2) is 11.2 Å². The van der Waals surface area contributed by atoms with Crippen LogP contribution in [0.5, 0.6) is 0 Å². The first-order chi connectivity index (χ1) is 14.3. The predicted molar refractivity (Wildman–Crippen MR) is 114 cm³/mol. The van der Waals surface area contributed by atoms with Crippen LogP contribution in [0.4, 0.5) is 0 Å². The minimum absolute atomic E-state index is 0.0456. The predicted octanol–water partition coefficient (Wildman–Crippen LogP) is 0.921. The van der Waals surface area contributed by atoms with Crippen molar-refractivity contribution >= 4 is 17.1 Å². The fourth-order valence-electron chi connectivity index (χ4n) is 3.18. The monoisotopic (exact) mass is 413 g/mol. The number of aromatic nitrogens is 4. The average molecular weight is 413 g/mol. The van der Waals surface area contributed by atoms with Gasteiger partial charge >= 0.3 is 5.69 Å². The van der Waals surface area contributed by atoms with Crippen molar-refractivity contribution < 1.29 is 9.53 Å². The highest BCUT2D eigenvalue weighted by atomic mass is 16.5. The maximum absolute atomic E-state index is 13.2. The Bertz CT molecular complexity index is 1140. The molecule has 1 aromatic carbocycles. The highest BCUT2D eigenvalue weighted by molar-refractivity contribution is 5.77. The number of methoxy groups -OCH3 is 1. The molecule has 0 unspecified atom stereocenters. The van der Waals surface area contributed by atoms with Crippen LogP contribution in [0.2, 0.25) is 0 Å². The van der Waals surface area contributed by atoms with Gasteiger partial charge in [-0.15, -0.1) is 0 Å². The third kappa shape index (κ3) is 4.20. The molecule has 0 fully saturated rings. The molecule has 0 radical (unpaired) electrons. The van der Waals surface area contributed by atoms with Gasteiger partial charge in [0.25, 0.3) is 5.56 Å². The zero-order valence-corrected chi connectivity index (χ0v) is 17.7. The molecule has 0 aliphatic carbocycles. The van der Waals surface area contributed by atoms with Crippen molar-refractivity contribution in [2.24, 2.45) is 0 Å². The maximum Gasteiger partial charge on any atom is 0.333 e. The zero-order valence-electron chi connectivity index (χ0n) is 17.7. The van der Waals surface area contributed by atoms with Gasteiger partial charge in [-0.3, -0.25) is 14.2 Å². The Morgan fingerprint density at radius 2 is 1.87 bits per heavy atom. The van der Waals surface area contributed by atoms with Crippen LogP contribution in [0.25, 0.3) is 11.2 Å². The topological polar surface area (TPSA) is 91.4 Å². The molecule has 2 heterocycles. The van der Waals surface area contributed by atoms with Gasteiger partial charge in [0.1, 0.15) is 6.54 Å². The molecule has 0 saturated heterocycles. The summed E-state index contributed by atoms with van der Waals surface area (Å²) in [5.74, 6) is -0.308. The Kier molecular flexibility index (Phi) is 6.51. The SMILES string of the molecule is COCCn1cnc2c1c(=O)n(CC(=O)N(C)C(C)C)c(=O)n2Cc1ccccc1. The van der Waals surface area contributed by atoms with E-state index in [2.05, 4.69) is 4.98 Å². The first-order valence-electron chi connectivity index (χ1n) is 9.82. The van der Waals surface area contributed by atoms with E-state index in [4.69, 9.17) is 4.74 Å². The number of hydrogen-bond donors (Lipinski definition) is 0. The van der Waals surface area contributed by atoms with Gasteiger partial charge in [-0.1, -0.05) is 30.3 Å². The largest absolute Gasteiger partial charge is 0.383 e. The molecule has 0 spiro atoms. The fraction of sp³-hybridized carbons (Fsp3) is 0.429. The number of fused-ring (bicyclic) bond motifs is 1. The summed E-state index contributed by atoms with van der Waals surface area (Å²) in [6, 6.07) is 9.40. The van der Waals surface area contributed by atoms with Gasteiger partial charge in [0.2, 0.25) is 5.91 Å². The number of hydrogen-bond acceptors (Lipinski definition) is 5. The summed E-state index contributed by atoms with van der Waals surface area (Å²) in [5, 5.41) is 0. The molecule has 9 heteroatoms. The van der Waals surface area contributed by atoms with Crippen molar-refractivity contribution in [3.8, 4) is 0 Å². The maximum atomic E-state index is 13.2. The minimum atomic E-state index is -0.557. The van der Waals surface area contributed by atoms with Crippen molar-refractivity contribution in [1.82, 2.24) is 23.6 Å². The van der Waals surface area contributed by atoms with Crippen LogP contribution < -0.4 is 11.2 Å². The Morgan fingerprint density at radius 1 is 1.17 bits per heavy atom. The normalized spacial score (nSPS) is 11.4. The van der Waals surface area contributed by atoms with Gasteiger partial charge in [-0.25, -0.2) is 14.3 Å². The number of nitrogens with zero attached hydrogens (tertiary/aromatic N) is 5. The molecule has 0 saturated carbocycles. The van der Waals surface area contributed by atoms with E-state index in [0.29, 0.717) is 18.8 Å². The third-order valence-corrected chi connectivity index (χ3v) is 5.16. The highest BCUT2D eigenvalue weighted by Gasteiger charge is 2.21. The van der Waals surface area contributed by atoms with Crippen LogP contribution in [0, 0.1) is 0 Å². The van der Waals surface area contributed by atoms with Gasteiger partial charge in [0, 0.05) is 26.7 Å². The molecule has 0 aliphatic rings. The van der Waals surface area contributed by atoms with E-state index in [9.17, 15) is 14.4 Å². The van der Waals surface area contributed by atoms with E-state index >= 15 is 0 Å². The number of rotatable bonds is 8. The number of amides is 1. The summed E-state index contributed by atoms with van der Waals surface area (Å²) in [5.41, 5.74) is 0.383.